The zero-order chi connectivity index (χ0) is 56.9. The van der Waals surface area contributed by atoms with E-state index in [2.05, 4.69) is 33.2 Å². The first-order chi connectivity index (χ1) is 36.2. The van der Waals surface area contributed by atoms with E-state index in [4.69, 9.17) is 9.90 Å². The zero-order valence-electron chi connectivity index (χ0n) is 50.6. The molecule has 6 heteroatoms. The molecule has 0 radical (unpaired) electrons. The van der Waals surface area contributed by atoms with Gasteiger partial charge in [0.25, 0.3) is 0 Å². The van der Waals surface area contributed by atoms with Gasteiger partial charge in [0.1, 0.15) is 11.4 Å². The first-order valence-corrected chi connectivity index (χ1v) is 19.8. The largest absolute Gasteiger partial charge is 3.00 e. The van der Waals surface area contributed by atoms with Crippen LogP contribution in [-0.4, -0.2) is 15.0 Å². The van der Waals surface area contributed by atoms with Gasteiger partial charge in [0.2, 0.25) is 0 Å². The van der Waals surface area contributed by atoms with E-state index < -0.39 is 84.6 Å². The molecule has 0 N–H and O–H groups in total. The van der Waals surface area contributed by atoms with Crippen LogP contribution >= 0.6 is 0 Å². The van der Waals surface area contributed by atoms with Crippen molar-refractivity contribution in [2.75, 3.05) is 0 Å². The van der Waals surface area contributed by atoms with Gasteiger partial charge in [-0.05, 0) is 124 Å². The number of aromatic nitrogens is 3. The molecule has 0 unspecified atom stereocenters. The molecule has 314 valence electrons. The van der Waals surface area contributed by atoms with Crippen LogP contribution in [0.5, 0.6) is 0 Å². The van der Waals surface area contributed by atoms with Crippen LogP contribution in [0.4, 0.5) is 4.39 Å². The second kappa shape index (κ2) is 19.5. The summed E-state index contributed by atoms with van der Waals surface area (Å²) >= 11 is 0. The molecule has 4 aromatic heterocycles. The minimum absolute atomic E-state index is 0. The number of hydrogen-bond acceptors (Lipinski definition) is 4. The molecule has 4 nitrogen and oxygen atoms in total. The maximum atomic E-state index is 14.6. The molecule has 0 saturated heterocycles. The van der Waals surface area contributed by atoms with E-state index in [0.29, 0.717) is 33.3 Å². The second-order valence-electron chi connectivity index (χ2n) is 14.9. The standard InChI is InChI=1S/C57H49FN3O.Ir/c1-37(2)51-32-54(43-12-7-5-8-13-43)60-35-45(51)23-20-41-28-40(29-42(30-41)21-24-46-36-61-55(33-52(46)38(3)4)44-14-9-6-10-15-44)19-18-39-22-27-53(59-34-39)50-17-11-16-49-48-26-25-47(58)31-56(48)62-57(49)50;/h5-12,14,16,22,25-38H,18-21,23-24H2,1-4H3;/q-3;+3/i18D2,19D2,20D2,21D2,23D2,24D2,25D,31D,37D,38D;. The van der Waals surface area contributed by atoms with Gasteiger partial charge in [0, 0.05) is 49.2 Å². The van der Waals surface area contributed by atoms with Gasteiger partial charge in [0.15, 0.2) is 0 Å². The zero-order valence-corrected chi connectivity index (χ0v) is 37.0. The molecule has 0 aliphatic heterocycles. The molecule has 0 fully saturated rings. The van der Waals surface area contributed by atoms with Crippen LogP contribution in [0, 0.1) is 24.0 Å². The van der Waals surface area contributed by atoms with E-state index in [-0.39, 0.29) is 70.3 Å². The second-order valence-corrected chi connectivity index (χ2v) is 14.9. The van der Waals surface area contributed by atoms with Gasteiger partial charge in [-0.2, -0.15) is 0 Å². The Balaban J connectivity index is 0.00000822. The van der Waals surface area contributed by atoms with Gasteiger partial charge >= 0.3 is 20.1 Å². The number of halogens is 1. The Hall–Kier alpha value is -6.07. The average molecular weight is 1020 g/mol. The van der Waals surface area contributed by atoms with Crippen molar-refractivity contribution in [2.24, 2.45) is 0 Å². The molecule has 0 saturated carbocycles. The normalized spacial score (nSPS) is 16.9. The summed E-state index contributed by atoms with van der Waals surface area (Å²) in [7, 11) is 0. The van der Waals surface area contributed by atoms with E-state index in [1.807, 2.05) is 0 Å². The maximum absolute atomic E-state index is 14.6. The van der Waals surface area contributed by atoms with Gasteiger partial charge in [-0.15, -0.1) is 90.0 Å². The number of pyridine rings is 3. The van der Waals surface area contributed by atoms with E-state index >= 15 is 0 Å². The third-order valence-corrected chi connectivity index (χ3v) is 10.1. The quantitative estimate of drug-likeness (QED) is 0.102. The van der Waals surface area contributed by atoms with Crippen molar-refractivity contribution >= 4 is 21.9 Å². The molecule has 0 bridgehead atoms. The molecule has 4 heterocycles. The Labute approximate surface area is 406 Å². The fraction of sp³-hybridized carbons (Fsp3) is 0.211. The Morgan fingerprint density at radius 3 is 1.68 bits per heavy atom. The molecule has 0 aliphatic carbocycles. The van der Waals surface area contributed by atoms with Crippen LogP contribution in [0.1, 0.15) is 106 Å². The Bertz CT molecular complexity index is 3630. The molecule has 9 aromatic rings. The number of benzene rings is 5. The minimum atomic E-state index is -3.29. The number of rotatable bonds is 14. The summed E-state index contributed by atoms with van der Waals surface area (Å²) < 4.78 is 170. The van der Waals surface area contributed by atoms with Crippen LogP contribution in [0.15, 0.2) is 144 Å². The van der Waals surface area contributed by atoms with E-state index in [1.54, 1.807) is 54.6 Å². The third kappa shape index (κ3) is 9.94. The van der Waals surface area contributed by atoms with Crippen LogP contribution in [0.3, 0.4) is 0 Å². The smallest absolute Gasteiger partial charge is 0.500 e. The minimum Gasteiger partial charge on any atom is -0.500 e. The van der Waals surface area contributed by atoms with Crippen LogP contribution in [-0.2, 0) is 58.3 Å². The van der Waals surface area contributed by atoms with Gasteiger partial charge in [0.05, 0.1) is 8.32 Å². The molecule has 0 spiro atoms. The SMILES string of the molecule is [2H]c1cc2c(oc3c(-c4ccc(C([2H])([2H])C([2H])([2H])c5cc(C([2H])([2H])C([2H])([2H])c6cnc(-c7[c-]cccc7)cc6C([2H])(C)C)cc(C([2H])([2H])C([2H])([2H])c6cnc(-c7[c-]cccc7)cc6C([2H])(C)C)c5)cn4)[c-]ccc32)c([2H])c1F.[Ir+3]. The topological polar surface area (TPSA) is 51.8 Å². The molecule has 0 aliphatic rings. The van der Waals surface area contributed by atoms with Crippen molar-refractivity contribution < 1.29 is 50.8 Å². The first kappa shape index (κ1) is 27.9. The molecule has 0 amide bonds. The van der Waals surface area contributed by atoms with E-state index in [1.165, 1.54) is 64.1 Å². The molecule has 0 atom stereocenters. The number of aryl methyl sites for hydroxylation is 6. The molecular weight excluding hydrogens is 954 g/mol. The Morgan fingerprint density at radius 1 is 0.603 bits per heavy atom. The molecule has 63 heavy (non-hydrogen) atoms. The number of furan rings is 1. The number of fused-ring (bicyclic) bond motifs is 3. The van der Waals surface area contributed by atoms with Crippen LogP contribution < -0.4 is 0 Å². The van der Waals surface area contributed by atoms with Crippen LogP contribution in [0.25, 0.3) is 55.7 Å². The first-order valence-electron chi connectivity index (χ1n) is 27.8. The van der Waals surface area contributed by atoms with E-state index in [0.717, 1.165) is 36.8 Å². The molecular formula is C57H49FIrN3O. The Morgan fingerprint density at radius 2 is 1.16 bits per heavy atom. The fourth-order valence-corrected chi connectivity index (χ4v) is 7.00. The van der Waals surface area contributed by atoms with Crippen molar-refractivity contribution in [3.8, 4) is 33.8 Å². The van der Waals surface area contributed by atoms with Gasteiger partial charge in [-0.3, -0.25) is 0 Å². The summed E-state index contributed by atoms with van der Waals surface area (Å²) in [5.41, 5.74) is -1.12. The van der Waals surface area contributed by atoms with Gasteiger partial charge in [-0.25, -0.2) is 4.39 Å². The summed E-state index contributed by atoms with van der Waals surface area (Å²) in [4.78, 5) is 13.3. The number of hydrogen-bond donors (Lipinski definition) is 0. The van der Waals surface area contributed by atoms with Crippen molar-refractivity contribution in [3.63, 3.8) is 0 Å². The fourth-order valence-electron chi connectivity index (χ4n) is 7.00. The summed E-state index contributed by atoms with van der Waals surface area (Å²) in [6.45, 7) is 5.93. The monoisotopic (exact) mass is 1020 g/mol. The van der Waals surface area contributed by atoms with Gasteiger partial charge in [-0.1, -0.05) is 81.1 Å². The average Bonchev–Trinajstić information content (AvgIpc) is 3.76. The van der Waals surface area contributed by atoms with E-state index in [9.17, 15) is 20.8 Å². The summed E-state index contributed by atoms with van der Waals surface area (Å²) in [5, 5.41) is 0.711. The van der Waals surface area contributed by atoms with Gasteiger partial charge < -0.3 is 19.4 Å². The Kier molecular flexibility index (Phi) is 8.65. The number of nitrogens with zero attached hydrogens (tertiary/aromatic N) is 3. The molecule has 9 rings (SSSR count). The predicted octanol–water partition coefficient (Wildman–Crippen LogP) is 13.9. The van der Waals surface area contributed by atoms with Crippen molar-refractivity contribution in [2.45, 2.75) is 77.7 Å². The van der Waals surface area contributed by atoms with Crippen molar-refractivity contribution in [3.05, 3.63) is 208 Å². The van der Waals surface area contributed by atoms with Crippen molar-refractivity contribution in [1.29, 1.82) is 0 Å². The summed E-state index contributed by atoms with van der Waals surface area (Å²) in [6, 6.07) is 34.1. The third-order valence-electron chi connectivity index (χ3n) is 10.1. The summed E-state index contributed by atoms with van der Waals surface area (Å²) in [6.07, 6.45) is -16.0. The molecule has 5 aromatic carbocycles. The van der Waals surface area contributed by atoms with Crippen molar-refractivity contribution in [1.82, 2.24) is 15.0 Å². The maximum Gasteiger partial charge on any atom is 3.00 e. The predicted molar refractivity (Wildman–Crippen MR) is 250 cm³/mol. The summed E-state index contributed by atoms with van der Waals surface area (Å²) in [5.74, 6) is -4.21. The van der Waals surface area contributed by atoms with Crippen LogP contribution in [0.2, 0.25) is 0 Å².